The van der Waals surface area contributed by atoms with Gasteiger partial charge in [0.25, 0.3) is 0 Å². The van der Waals surface area contributed by atoms with E-state index in [-0.39, 0.29) is 56.6 Å². The third-order valence-electron chi connectivity index (χ3n) is 8.55. The normalized spacial score (nSPS) is 12.5. The van der Waals surface area contributed by atoms with Crippen LogP contribution in [0.1, 0.15) is 143 Å². The van der Waals surface area contributed by atoms with Crippen molar-refractivity contribution in [2.45, 2.75) is 150 Å². The summed E-state index contributed by atoms with van der Waals surface area (Å²) in [4.78, 5) is 38.2. The maximum absolute atomic E-state index is 12.4. The first-order chi connectivity index (χ1) is 24.0. The Morgan fingerprint density at radius 3 is 1.35 bits per heavy atom. The molecule has 0 fully saturated rings. The first-order valence-electron chi connectivity index (χ1n) is 20.6. The lowest BCUT2D eigenvalue weighted by Gasteiger charge is -2.28. The molecule has 0 saturated carbocycles. The third-order valence-corrected chi connectivity index (χ3v) is 8.55. The van der Waals surface area contributed by atoms with Crippen molar-refractivity contribution in [3.8, 4) is 5.75 Å². The van der Waals surface area contributed by atoms with Gasteiger partial charge in [0.2, 0.25) is 0 Å². The first kappa shape index (κ1) is 59.3. The number of ketones is 3. The summed E-state index contributed by atoms with van der Waals surface area (Å²) in [6.45, 7) is 41.5. The Morgan fingerprint density at radius 1 is 0.537 bits per heavy atom. The zero-order chi connectivity index (χ0) is 40.7. The van der Waals surface area contributed by atoms with Crippen molar-refractivity contribution in [1.29, 1.82) is 0 Å². The molecule has 0 aliphatic heterocycles. The molecule has 8 heteroatoms. The van der Waals surface area contributed by atoms with Gasteiger partial charge in [-0.2, -0.15) is 27.0 Å². The summed E-state index contributed by atoms with van der Waals surface area (Å²) in [5.74, 6) is 5.36. The van der Waals surface area contributed by atoms with Crippen LogP contribution in [0.4, 0.5) is 0 Å². The van der Waals surface area contributed by atoms with E-state index in [0.29, 0.717) is 66.1 Å². The van der Waals surface area contributed by atoms with E-state index in [0.717, 1.165) is 44.8 Å². The van der Waals surface area contributed by atoms with Crippen LogP contribution in [-0.4, -0.2) is 61.2 Å². The van der Waals surface area contributed by atoms with Crippen LogP contribution in [0.2, 0.25) is 0 Å². The lowest BCUT2D eigenvalue weighted by molar-refractivity contribution is -0.128. The van der Waals surface area contributed by atoms with Gasteiger partial charge in [0, 0.05) is 48.8 Å². The molecule has 0 amide bonds. The molecule has 0 bridgehead atoms. The summed E-state index contributed by atoms with van der Waals surface area (Å²) in [7, 11) is 0. The number of ether oxygens (including phenoxy) is 2. The van der Waals surface area contributed by atoms with Gasteiger partial charge in [-0.3, -0.25) is 19.3 Å². The van der Waals surface area contributed by atoms with Crippen molar-refractivity contribution in [3.05, 3.63) is 29.8 Å². The Kier molecular flexibility index (Phi) is 35.9. The second-order valence-electron chi connectivity index (χ2n) is 18.3. The number of carbonyl (C=O) groups excluding carboxylic acids is 3. The molecule has 54 heavy (non-hydrogen) atoms. The van der Waals surface area contributed by atoms with E-state index >= 15 is 0 Å². The third kappa shape index (κ3) is 30.8. The van der Waals surface area contributed by atoms with E-state index < -0.39 is 0 Å². The minimum absolute atomic E-state index is 0. The summed E-state index contributed by atoms with van der Waals surface area (Å²) in [6, 6.07) is 8.68. The molecule has 320 valence electrons. The summed E-state index contributed by atoms with van der Waals surface area (Å²) in [5, 5.41) is 0. The monoisotopic (exact) mass is 800 g/mol. The van der Waals surface area contributed by atoms with E-state index in [9.17, 15) is 14.4 Å². The largest absolute Gasteiger partial charge is 0.493 e. The van der Waals surface area contributed by atoms with E-state index in [2.05, 4.69) is 100 Å². The molecule has 2 atom stereocenters. The molecular formula is C46H89NO5S2. The quantitative estimate of drug-likeness (QED) is 0.110. The van der Waals surface area contributed by atoms with Gasteiger partial charge >= 0.3 is 0 Å². The number of hydrogen-bond acceptors (Lipinski definition) is 6. The second-order valence-corrected chi connectivity index (χ2v) is 18.3. The summed E-state index contributed by atoms with van der Waals surface area (Å²) in [5.41, 5.74) is 1.22. The summed E-state index contributed by atoms with van der Waals surface area (Å²) >= 11 is 0. The number of carbonyl (C=O) groups is 3. The molecule has 1 aromatic carbocycles. The number of rotatable bonds is 23. The molecule has 0 unspecified atom stereocenters. The van der Waals surface area contributed by atoms with E-state index in [1.165, 1.54) is 5.56 Å². The van der Waals surface area contributed by atoms with Gasteiger partial charge in [-0.15, -0.1) is 0 Å². The van der Waals surface area contributed by atoms with Crippen LogP contribution >= 0.6 is 27.0 Å². The standard InChI is InChI=1S/C20H32O2.C14H28O2.C12H25NO.2H2S/c1-14(2)11-18(20(21)16(5)6)12-17-7-9-19(10-8-17)22-13-15(3)4;1-10(2)7-13(14(15)12(5)6)9-16-8-11(3)4;1-9(2)7-13(11(5)6)8-12(14)10(3)4;;/h7-10,14-16,18H,11-13H2,1-6H3;10-13H,7-9H2,1-6H3;9-11H,7-8H2,1-6H3;2*1H2/t18-;13-;;;/m00.../s1. The maximum atomic E-state index is 12.4. The molecule has 0 aliphatic carbocycles. The highest BCUT2D eigenvalue weighted by molar-refractivity contribution is 7.59. The van der Waals surface area contributed by atoms with Crippen molar-refractivity contribution < 1.29 is 23.9 Å². The molecule has 6 nitrogen and oxygen atoms in total. The van der Waals surface area contributed by atoms with Gasteiger partial charge in [0.15, 0.2) is 0 Å². The number of benzene rings is 1. The van der Waals surface area contributed by atoms with Crippen LogP contribution in [0.15, 0.2) is 24.3 Å². The van der Waals surface area contributed by atoms with Gasteiger partial charge < -0.3 is 9.47 Å². The summed E-state index contributed by atoms with van der Waals surface area (Å²) in [6.07, 6.45) is 2.73. The highest BCUT2D eigenvalue weighted by atomic mass is 32.1. The molecule has 0 spiro atoms. The molecule has 0 aliphatic rings. The fourth-order valence-corrected chi connectivity index (χ4v) is 5.67. The minimum Gasteiger partial charge on any atom is -0.493 e. The fourth-order valence-electron chi connectivity index (χ4n) is 5.67. The van der Waals surface area contributed by atoms with Crippen molar-refractivity contribution in [1.82, 2.24) is 4.90 Å². The molecule has 0 N–H and O–H groups in total. The predicted molar refractivity (Wildman–Crippen MR) is 244 cm³/mol. The van der Waals surface area contributed by atoms with Gasteiger partial charge in [0.1, 0.15) is 23.1 Å². The highest BCUT2D eigenvalue weighted by Gasteiger charge is 2.24. The average Bonchev–Trinajstić information content (AvgIpc) is 3.02. The van der Waals surface area contributed by atoms with Crippen LogP contribution in [0.3, 0.4) is 0 Å². The Morgan fingerprint density at radius 2 is 0.981 bits per heavy atom. The SMILES string of the molecule is CC(C)CN(CC(=O)C(C)C)C(C)C.CC(C)COC[C@H](CC(C)C)C(=O)C(C)C.CC(C)COc1ccc(C[C@H](CC(C)C)C(=O)C(C)C)cc1.S.S. The Labute approximate surface area is 349 Å². The molecule has 0 saturated heterocycles. The highest BCUT2D eigenvalue weighted by Crippen LogP contribution is 2.23. The van der Waals surface area contributed by atoms with Gasteiger partial charge in [-0.25, -0.2) is 0 Å². The van der Waals surface area contributed by atoms with Crippen molar-refractivity contribution in [2.75, 3.05) is 32.9 Å². The van der Waals surface area contributed by atoms with Gasteiger partial charge in [0.05, 0.1) is 19.8 Å². The topological polar surface area (TPSA) is 72.9 Å². The predicted octanol–water partition coefficient (Wildman–Crippen LogP) is 11.5. The number of nitrogens with zero attached hydrogens (tertiary/aromatic N) is 1. The van der Waals surface area contributed by atoms with Crippen molar-refractivity contribution in [3.63, 3.8) is 0 Å². The minimum atomic E-state index is 0. The Balaban J connectivity index is -0.000000352. The van der Waals surface area contributed by atoms with E-state index in [4.69, 9.17) is 9.47 Å². The molecule has 1 rings (SSSR count). The molecule has 0 radical (unpaired) electrons. The van der Waals surface area contributed by atoms with Crippen molar-refractivity contribution >= 4 is 44.3 Å². The Bertz CT molecular complexity index is 1080. The van der Waals surface area contributed by atoms with Crippen LogP contribution in [0.5, 0.6) is 5.75 Å². The lowest BCUT2D eigenvalue weighted by Crippen LogP contribution is -2.39. The summed E-state index contributed by atoms with van der Waals surface area (Å²) < 4.78 is 11.3. The smallest absolute Gasteiger partial charge is 0.149 e. The number of hydrogen-bond donors (Lipinski definition) is 0. The maximum Gasteiger partial charge on any atom is 0.149 e. The molecular weight excluding hydrogens is 711 g/mol. The number of Topliss-reactive ketones (excluding diaryl/α,β-unsaturated/α-hetero) is 3. The first-order valence-corrected chi connectivity index (χ1v) is 20.6. The van der Waals surface area contributed by atoms with Crippen LogP contribution in [0, 0.1) is 59.2 Å². The zero-order valence-corrected chi connectivity index (χ0v) is 40.3. The van der Waals surface area contributed by atoms with Crippen LogP contribution in [-0.2, 0) is 25.5 Å². The van der Waals surface area contributed by atoms with Gasteiger partial charge in [-0.05, 0) is 80.4 Å². The molecule has 1 aromatic rings. The van der Waals surface area contributed by atoms with Crippen LogP contribution < -0.4 is 4.74 Å². The van der Waals surface area contributed by atoms with E-state index in [1.807, 2.05) is 53.7 Å². The molecule has 0 aromatic heterocycles. The van der Waals surface area contributed by atoms with E-state index in [1.54, 1.807) is 0 Å². The van der Waals surface area contributed by atoms with Crippen molar-refractivity contribution in [2.24, 2.45) is 59.2 Å². The van der Waals surface area contributed by atoms with Crippen LogP contribution in [0.25, 0.3) is 0 Å². The fraction of sp³-hybridized carbons (Fsp3) is 0.804. The zero-order valence-electron chi connectivity index (χ0n) is 38.3. The van der Waals surface area contributed by atoms with Gasteiger partial charge in [-0.1, -0.05) is 123 Å². The average molecular weight is 800 g/mol. The lowest BCUT2D eigenvalue weighted by atomic mass is 9.84. The Hall–Kier alpha value is -1.35. The second kappa shape index (κ2) is 32.7. The molecule has 0 heterocycles.